The molecule has 1 aliphatic carbocycles. The third-order valence-electron chi connectivity index (χ3n) is 3.55. The SMILES string of the molecule is CCN1C=C(C)C2CC(Cl)C(F)CC21. The van der Waals surface area contributed by atoms with E-state index in [-0.39, 0.29) is 5.38 Å². The van der Waals surface area contributed by atoms with Gasteiger partial charge in [0.05, 0.1) is 5.38 Å². The first kappa shape index (κ1) is 10.3. The van der Waals surface area contributed by atoms with Gasteiger partial charge >= 0.3 is 0 Å². The smallest absolute Gasteiger partial charge is 0.118 e. The molecule has 1 heterocycles. The summed E-state index contributed by atoms with van der Waals surface area (Å²) >= 11 is 5.97. The summed E-state index contributed by atoms with van der Waals surface area (Å²) in [6.45, 7) is 5.22. The first-order valence-electron chi connectivity index (χ1n) is 5.35. The molecule has 0 radical (unpaired) electrons. The molecule has 1 aliphatic heterocycles. The van der Waals surface area contributed by atoms with E-state index in [0.717, 1.165) is 13.0 Å². The lowest BCUT2D eigenvalue weighted by atomic mass is 9.81. The van der Waals surface area contributed by atoms with Crippen molar-refractivity contribution in [2.45, 2.75) is 44.3 Å². The van der Waals surface area contributed by atoms with E-state index in [1.807, 2.05) is 0 Å². The lowest BCUT2D eigenvalue weighted by Gasteiger charge is -2.37. The molecule has 2 rings (SSSR count). The van der Waals surface area contributed by atoms with E-state index in [9.17, 15) is 4.39 Å². The Hall–Kier alpha value is -0.240. The van der Waals surface area contributed by atoms with Crippen molar-refractivity contribution in [3.8, 4) is 0 Å². The van der Waals surface area contributed by atoms with Gasteiger partial charge in [0.15, 0.2) is 0 Å². The average molecular weight is 218 g/mol. The van der Waals surface area contributed by atoms with Crippen LogP contribution < -0.4 is 0 Å². The zero-order chi connectivity index (χ0) is 10.3. The van der Waals surface area contributed by atoms with Crippen LogP contribution in [0, 0.1) is 5.92 Å². The highest BCUT2D eigenvalue weighted by Gasteiger charge is 2.42. The second-order valence-electron chi connectivity index (χ2n) is 4.38. The molecule has 1 saturated carbocycles. The van der Waals surface area contributed by atoms with E-state index in [4.69, 9.17) is 11.6 Å². The fourth-order valence-corrected chi connectivity index (χ4v) is 3.02. The number of hydrogen-bond acceptors (Lipinski definition) is 1. The van der Waals surface area contributed by atoms with Gasteiger partial charge in [0, 0.05) is 24.9 Å². The van der Waals surface area contributed by atoms with Gasteiger partial charge in [-0.15, -0.1) is 11.6 Å². The average Bonchev–Trinajstić information content (AvgIpc) is 2.45. The molecule has 0 saturated heterocycles. The van der Waals surface area contributed by atoms with Gasteiger partial charge in [-0.2, -0.15) is 0 Å². The predicted molar refractivity (Wildman–Crippen MR) is 57.2 cm³/mol. The van der Waals surface area contributed by atoms with E-state index in [0.29, 0.717) is 18.4 Å². The molecule has 80 valence electrons. The van der Waals surface area contributed by atoms with Gasteiger partial charge in [-0.25, -0.2) is 4.39 Å². The first-order chi connectivity index (χ1) is 6.63. The van der Waals surface area contributed by atoms with Crippen LogP contribution in [0.15, 0.2) is 11.8 Å². The second kappa shape index (κ2) is 3.73. The number of hydrogen-bond donors (Lipinski definition) is 0. The number of fused-ring (bicyclic) bond motifs is 1. The fourth-order valence-electron chi connectivity index (χ4n) is 2.72. The summed E-state index contributed by atoms with van der Waals surface area (Å²) in [7, 11) is 0. The number of rotatable bonds is 1. The van der Waals surface area contributed by atoms with Crippen LogP contribution in [0.4, 0.5) is 4.39 Å². The van der Waals surface area contributed by atoms with Crippen LogP contribution in [0.25, 0.3) is 0 Å². The Labute approximate surface area is 89.9 Å². The van der Waals surface area contributed by atoms with Crippen molar-refractivity contribution in [1.29, 1.82) is 0 Å². The normalized spacial score (nSPS) is 42.3. The van der Waals surface area contributed by atoms with Gasteiger partial charge in [-0.05, 0) is 26.5 Å². The molecular formula is C11H17ClFN. The minimum Gasteiger partial charge on any atom is -0.374 e. The van der Waals surface area contributed by atoms with Crippen molar-refractivity contribution in [3.63, 3.8) is 0 Å². The van der Waals surface area contributed by atoms with Gasteiger partial charge in [0.1, 0.15) is 6.17 Å². The van der Waals surface area contributed by atoms with E-state index in [2.05, 4.69) is 24.9 Å². The summed E-state index contributed by atoms with van der Waals surface area (Å²) in [5, 5.41) is -0.281. The van der Waals surface area contributed by atoms with E-state index in [1.165, 1.54) is 5.57 Å². The van der Waals surface area contributed by atoms with Crippen LogP contribution in [0.2, 0.25) is 0 Å². The molecule has 4 atom stereocenters. The van der Waals surface area contributed by atoms with Gasteiger partial charge in [-0.3, -0.25) is 0 Å². The van der Waals surface area contributed by atoms with Gasteiger partial charge < -0.3 is 4.90 Å². The number of alkyl halides is 2. The van der Waals surface area contributed by atoms with Crippen LogP contribution >= 0.6 is 11.6 Å². The quantitative estimate of drug-likeness (QED) is 0.611. The molecule has 0 spiro atoms. The van der Waals surface area contributed by atoms with Crippen molar-refractivity contribution < 1.29 is 4.39 Å². The lowest BCUT2D eigenvalue weighted by Crippen LogP contribution is -2.42. The highest BCUT2D eigenvalue weighted by atomic mass is 35.5. The molecule has 4 unspecified atom stereocenters. The number of nitrogens with zero attached hydrogens (tertiary/aromatic N) is 1. The molecule has 0 bridgehead atoms. The van der Waals surface area contributed by atoms with E-state index >= 15 is 0 Å². The third-order valence-corrected chi connectivity index (χ3v) is 4.00. The largest absolute Gasteiger partial charge is 0.374 e. The molecule has 0 amide bonds. The summed E-state index contributed by atoms with van der Waals surface area (Å²) in [5.41, 5.74) is 1.37. The predicted octanol–water partition coefficient (Wildman–Crippen LogP) is 2.95. The molecule has 2 aliphatic rings. The molecule has 0 N–H and O–H groups in total. The molecule has 1 fully saturated rings. The Morgan fingerprint density at radius 2 is 2.29 bits per heavy atom. The fraction of sp³-hybridized carbons (Fsp3) is 0.818. The molecular weight excluding hydrogens is 201 g/mol. The molecule has 3 heteroatoms. The molecule has 14 heavy (non-hydrogen) atoms. The Morgan fingerprint density at radius 3 is 2.93 bits per heavy atom. The van der Waals surface area contributed by atoms with Crippen molar-refractivity contribution in [2.75, 3.05) is 6.54 Å². The molecule has 0 aromatic rings. The molecule has 0 aromatic carbocycles. The minimum atomic E-state index is -0.828. The zero-order valence-corrected chi connectivity index (χ0v) is 9.47. The first-order valence-corrected chi connectivity index (χ1v) is 5.79. The Balaban J connectivity index is 2.14. The Bertz CT molecular complexity index is 254. The van der Waals surface area contributed by atoms with Crippen molar-refractivity contribution in [1.82, 2.24) is 4.90 Å². The summed E-state index contributed by atoms with van der Waals surface area (Å²) in [5.74, 6) is 0.490. The third kappa shape index (κ3) is 1.54. The van der Waals surface area contributed by atoms with Crippen molar-refractivity contribution >= 4 is 11.6 Å². The molecule has 1 nitrogen and oxygen atoms in total. The van der Waals surface area contributed by atoms with Crippen molar-refractivity contribution in [3.05, 3.63) is 11.8 Å². The molecule has 0 aromatic heterocycles. The van der Waals surface area contributed by atoms with Gasteiger partial charge in [0.25, 0.3) is 0 Å². The number of halogens is 2. The Kier molecular flexibility index (Phi) is 2.74. The lowest BCUT2D eigenvalue weighted by molar-refractivity contribution is 0.137. The van der Waals surface area contributed by atoms with E-state index < -0.39 is 6.17 Å². The highest BCUT2D eigenvalue weighted by Crippen LogP contribution is 2.41. The van der Waals surface area contributed by atoms with Crippen LogP contribution in [-0.4, -0.2) is 29.0 Å². The zero-order valence-electron chi connectivity index (χ0n) is 8.71. The topological polar surface area (TPSA) is 3.24 Å². The maximum atomic E-state index is 13.5. The highest BCUT2D eigenvalue weighted by molar-refractivity contribution is 6.21. The standard InChI is InChI=1S/C11H17ClFN/c1-3-14-6-7(2)8-4-9(12)10(13)5-11(8)14/h6,8-11H,3-5H2,1-2H3. The summed E-state index contributed by atoms with van der Waals surface area (Å²) in [6.07, 6.45) is 2.75. The van der Waals surface area contributed by atoms with Crippen LogP contribution in [-0.2, 0) is 0 Å². The summed E-state index contributed by atoms with van der Waals surface area (Å²) < 4.78 is 13.5. The summed E-state index contributed by atoms with van der Waals surface area (Å²) in [6, 6.07) is 0.366. The van der Waals surface area contributed by atoms with Crippen molar-refractivity contribution in [2.24, 2.45) is 5.92 Å². The minimum absolute atomic E-state index is 0.281. The van der Waals surface area contributed by atoms with Crippen LogP contribution in [0.1, 0.15) is 26.7 Å². The monoisotopic (exact) mass is 217 g/mol. The summed E-state index contributed by atoms with van der Waals surface area (Å²) in [4.78, 5) is 2.26. The second-order valence-corrected chi connectivity index (χ2v) is 4.94. The van der Waals surface area contributed by atoms with E-state index in [1.54, 1.807) is 0 Å². The maximum absolute atomic E-state index is 13.5. The van der Waals surface area contributed by atoms with Gasteiger partial charge in [-0.1, -0.05) is 5.57 Å². The van der Waals surface area contributed by atoms with Gasteiger partial charge in [0.2, 0.25) is 0 Å². The maximum Gasteiger partial charge on any atom is 0.118 e. The van der Waals surface area contributed by atoms with Crippen LogP contribution in [0.5, 0.6) is 0 Å². The van der Waals surface area contributed by atoms with Crippen LogP contribution in [0.3, 0.4) is 0 Å². The Morgan fingerprint density at radius 1 is 1.57 bits per heavy atom.